The highest BCUT2D eigenvalue weighted by atomic mass is 35.5. The van der Waals surface area contributed by atoms with Crippen LogP contribution in [0.5, 0.6) is 0 Å². The van der Waals surface area contributed by atoms with Crippen molar-refractivity contribution >= 4 is 17.4 Å². The van der Waals surface area contributed by atoms with Crippen LogP contribution in [0.3, 0.4) is 0 Å². The maximum atomic E-state index is 12.6. The monoisotopic (exact) mass is 382 g/mol. The number of ketones is 1. The van der Waals surface area contributed by atoms with E-state index in [1.807, 2.05) is 38.1 Å². The van der Waals surface area contributed by atoms with E-state index in [-0.39, 0.29) is 18.0 Å². The van der Waals surface area contributed by atoms with Gasteiger partial charge in [-0.25, -0.2) is 0 Å². The molecule has 1 aromatic rings. The maximum absolute atomic E-state index is 12.6. The number of carbonyl (C=O) groups excluding carboxylic acids is 1. The molecule has 2 heterocycles. The van der Waals surface area contributed by atoms with Gasteiger partial charge in [0.25, 0.3) is 0 Å². The van der Waals surface area contributed by atoms with E-state index in [2.05, 4.69) is 6.92 Å². The number of carbonyl (C=O) groups is 1. The summed E-state index contributed by atoms with van der Waals surface area (Å²) in [7, 11) is 0. The lowest BCUT2D eigenvalue weighted by atomic mass is 10.0. The molecular weight excluding hydrogens is 356 g/mol. The minimum absolute atomic E-state index is 0.0405. The van der Waals surface area contributed by atoms with Crippen molar-refractivity contribution in [3.05, 3.63) is 34.9 Å². The topological polar surface area (TPSA) is 54.0 Å². The number of hydrogen-bond donors (Lipinski definition) is 0. The summed E-state index contributed by atoms with van der Waals surface area (Å²) in [6, 6.07) is 7.51. The van der Waals surface area contributed by atoms with Crippen molar-refractivity contribution in [1.82, 2.24) is 0 Å². The molecule has 0 aliphatic carbocycles. The Morgan fingerprint density at radius 1 is 1.23 bits per heavy atom. The van der Waals surface area contributed by atoms with Crippen molar-refractivity contribution in [3.8, 4) is 0 Å². The van der Waals surface area contributed by atoms with Crippen LogP contribution in [-0.4, -0.2) is 36.7 Å². The number of hydrogen-bond acceptors (Lipinski definition) is 5. The second-order valence-corrected chi connectivity index (χ2v) is 7.62. The SMILES string of the molecule is CCCCC(=O)[C@H]1O[C@@H]2OC(C(C)C)O[C@@H]2[C@H]1OCc1ccccc1Cl. The molecule has 5 nitrogen and oxygen atoms in total. The number of unbranched alkanes of at least 4 members (excludes halogenated alkanes) is 1. The fourth-order valence-electron chi connectivity index (χ4n) is 3.25. The van der Waals surface area contributed by atoms with Crippen LogP contribution >= 0.6 is 11.6 Å². The normalized spacial score (nSPS) is 30.7. The zero-order valence-corrected chi connectivity index (χ0v) is 16.3. The maximum Gasteiger partial charge on any atom is 0.190 e. The fourth-order valence-corrected chi connectivity index (χ4v) is 3.44. The fraction of sp³-hybridized carbons (Fsp3) is 0.650. The molecule has 6 heteroatoms. The summed E-state index contributed by atoms with van der Waals surface area (Å²) in [5.74, 6) is 0.237. The van der Waals surface area contributed by atoms with E-state index in [9.17, 15) is 4.79 Å². The summed E-state index contributed by atoms with van der Waals surface area (Å²) >= 11 is 6.22. The van der Waals surface area contributed by atoms with E-state index in [1.54, 1.807) is 0 Å². The van der Waals surface area contributed by atoms with Crippen molar-refractivity contribution in [2.24, 2.45) is 5.92 Å². The van der Waals surface area contributed by atoms with Crippen molar-refractivity contribution in [1.29, 1.82) is 0 Å². The van der Waals surface area contributed by atoms with Gasteiger partial charge in [0, 0.05) is 17.4 Å². The Labute approximate surface area is 159 Å². The van der Waals surface area contributed by atoms with Crippen molar-refractivity contribution in [2.75, 3.05) is 0 Å². The van der Waals surface area contributed by atoms with E-state index < -0.39 is 24.6 Å². The molecule has 5 atom stereocenters. The van der Waals surface area contributed by atoms with Crippen LogP contribution in [0.1, 0.15) is 45.6 Å². The lowest BCUT2D eigenvalue weighted by Gasteiger charge is -2.24. The average molecular weight is 383 g/mol. The molecule has 0 spiro atoms. The van der Waals surface area contributed by atoms with Crippen LogP contribution in [0.15, 0.2) is 24.3 Å². The predicted octanol–water partition coefficient (Wildman–Crippen LogP) is 4.11. The van der Waals surface area contributed by atoms with Crippen LogP contribution in [0.4, 0.5) is 0 Å². The molecular formula is C20H27ClO5. The summed E-state index contributed by atoms with van der Waals surface area (Å²) < 4.78 is 23.8. The van der Waals surface area contributed by atoms with Crippen molar-refractivity contribution in [3.63, 3.8) is 0 Å². The highest BCUT2D eigenvalue weighted by Gasteiger charge is 2.55. The minimum atomic E-state index is -0.660. The van der Waals surface area contributed by atoms with E-state index in [1.165, 1.54) is 0 Å². The highest BCUT2D eigenvalue weighted by Crippen LogP contribution is 2.37. The van der Waals surface area contributed by atoms with Gasteiger partial charge in [0.1, 0.15) is 18.3 Å². The predicted molar refractivity (Wildman–Crippen MR) is 97.8 cm³/mol. The van der Waals surface area contributed by atoms with Crippen LogP contribution in [-0.2, 0) is 30.3 Å². The molecule has 0 N–H and O–H groups in total. The Hall–Kier alpha value is -0.980. The Kier molecular flexibility index (Phi) is 6.70. The van der Waals surface area contributed by atoms with Crippen LogP contribution in [0.25, 0.3) is 0 Å². The summed E-state index contributed by atoms with van der Waals surface area (Å²) in [6.45, 7) is 6.40. The van der Waals surface area contributed by atoms with Gasteiger partial charge in [-0.15, -0.1) is 0 Å². The molecule has 1 aromatic carbocycles. The third kappa shape index (κ3) is 4.29. The minimum Gasteiger partial charge on any atom is -0.367 e. The first-order chi connectivity index (χ1) is 12.5. The smallest absolute Gasteiger partial charge is 0.190 e. The number of halogens is 1. The average Bonchev–Trinajstić information content (AvgIpc) is 3.17. The molecule has 0 saturated carbocycles. The molecule has 26 heavy (non-hydrogen) atoms. The van der Waals surface area contributed by atoms with E-state index in [4.69, 9.17) is 30.5 Å². The Balaban J connectivity index is 1.71. The molecule has 0 amide bonds. The van der Waals surface area contributed by atoms with E-state index in [0.717, 1.165) is 18.4 Å². The van der Waals surface area contributed by atoms with Gasteiger partial charge in [-0.2, -0.15) is 0 Å². The lowest BCUT2D eigenvalue weighted by Crippen LogP contribution is -2.40. The molecule has 2 aliphatic heterocycles. The van der Waals surface area contributed by atoms with Gasteiger partial charge in [0.15, 0.2) is 18.4 Å². The standard InChI is InChI=1S/C20H27ClO5/c1-4-5-10-15(22)16-17(23-11-13-8-6-7-9-14(13)21)18-20(24-16)26-19(25-18)12(2)3/h6-9,12,16-20H,4-5,10-11H2,1-3H3/t16-,17+,18-,19?,20-/m1/s1. The molecule has 1 unspecified atom stereocenters. The van der Waals surface area contributed by atoms with Crippen LogP contribution in [0.2, 0.25) is 5.02 Å². The Morgan fingerprint density at radius 2 is 2.00 bits per heavy atom. The second kappa shape index (κ2) is 8.81. The lowest BCUT2D eigenvalue weighted by molar-refractivity contribution is -0.190. The number of fused-ring (bicyclic) bond motifs is 1. The van der Waals surface area contributed by atoms with Gasteiger partial charge in [-0.3, -0.25) is 4.79 Å². The van der Waals surface area contributed by atoms with Gasteiger partial charge in [0.05, 0.1) is 6.61 Å². The molecule has 2 aliphatic rings. The third-order valence-corrected chi connectivity index (χ3v) is 5.13. The van der Waals surface area contributed by atoms with E-state index in [0.29, 0.717) is 18.1 Å². The third-order valence-electron chi connectivity index (χ3n) is 4.76. The summed E-state index contributed by atoms with van der Waals surface area (Å²) in [4.78, 5) is 12.6. The second-order valence-electron chi connectivity index (χ2n) is 7.21. The van der Waals surface area contributed by atoms with Gasteiger partial charge >= 0.3 is 0 Å². The van der Waals surface area contributed by atoms with Crippen LogP contribution in [0, 0.1) is 5.92 Å². The molecule has 3 rings (SSSR count). The number of Topliss-reactive ketones (excluding diaryl/α,β-unsaturated/α-hetero) is 1. The first kappa shape index (κ1) is 19.8. The first-order valence-electron chi connectivity index (χ1n) is 9.35. The molecule has 2 fully saturated rings. The first-order valence-corrected chi connectivity index (χ1v) is 9.73. The molecule has 2 saturated heterocycles. The Bertz CT molecular complexity index is 620. The summed E-state index contributed by atoms with van der Waals surface area (Å²) in [5, 5.41) is 0.639. The Morgan fingerprint density at radius 3 is 2.69 bits per heavy atom. The summed E-state index contributed by atoms with van der Waals surface area (Å²) in [5.41, 5.74) is 0.872. The van der Waals surface area contributed by atoms with Gasteiger partial charge < -0.3 is 18.9 Å². The molecule has 144 valence electrons. The van der Waals surface area contributed by atoms with Crippen molar-refractivity contribution < 1.29 is 23.7 Å². The highest BCUT2D eigenvalue weighted by molar-refractivity contribution is 6.31. The van der Waals surface area contributed by atoms with E-state index >= 15 is 0 Å². The quantitative estimate of drug-likeness (QED) is 0.677. The molecule has 0 radical (unpaired) electrons. The zero-order valence-electron chi connectivity index (χ0n) is 15.5. The van der Waals surface area contributed by atoms with Gasteiger partial charge in [-0.1, -0.05) is 57.0 Å². The molecule has 0 bridgehead atoms. The molecule has 0 aromatic heterocycles. The number of rotatable bonds is 8. The zero-order chi connectivity index (χ0) is 18.7. The van der Waals surface area contributed by atoms with Crippen molar-refractivity contribution in [2.45, 2.75) is 77.5 Å². The van der Waals surface area contributed by atoms with Gasteiger partial charge in [-0.05, 0) is 18.1 Å². The number of ether oxygens (including phenoxy) is 4. The largest absolute Gasteiger partial charge is 0.367 e. The van der Waals surface area contributed by atoms with Crippen LogP contribution < -0.4 is 0 Å². The van der Waals surface area contributed by atoms with Gasteiger partial charge in [0.2, 0.25) is 0 Å². The summed E-state index contributed by atoms with van der Waals surface area (Å²) in [6.07, 6.45) is -0.199. The number of benzene rings is 1.